The van der Waals surface area contributed by atoms with E-state index in [2.05, 4.69) is 43.6 Å². The van der Waals surface area contributed by atoms with Crippen LogP contribution in [0.1, 0.15) is 35.8 Å². The molecule has 0 aliphatic rings. The number of nitrogens with one attached hydrogen (secondary N) is 3. The third-order valence-electron chi connectivity index (χ3n) is 5.92. The number of hydrogen-bond donors (Lipinski definition) is 3. The number of nitrogens with zero attached hydrogens (tertiary/aromatic N) is 4. The minimum Gasteiger partial charge on any atom is -0.492 e. The van der Waals surface area contributed by atoms with E-state index in [9.17, 15) is 14.9 Å². The Balaban J connectivity index is 0.000000550. The zero-order valence-electron chi connectivity index (χ0n) is 25.1. The molecule has 2 aromatic carbocycles. The molecule has 2 aromatic heterocycles. The maximum Gasteiger partial charge on any atom is 0.224 e. The largest absolute Gasteiger partial charge is 0.492 e. The number of halogens is 1. The Morgan fingerprint density at radius 3 is 2.37 bits per heavy atom. The maximum absolute atomic E-state index is 12.6. The van der Waals surface area contributed by atoms with Crippen molar-refractivity contribution in [1.82, 2.24) is 14.9 Å². The van der Waals surface area contributed by atoms with Crippen LogP contribution in [0.5, 0.6) is 5.75 Å². The van der Waals surface area contributed by atoms with E-state index in [-0.39, 0.29) is 5.91 Å². The molecule has 0 spiro atoms. The summed E-state index contributed by atoms with van der Waals surface area (Å²) in [6.07, 6.45) is 6.48. The summed E-state index contributed by atoms with van der Waals surface area (Å²) < 4.78 is 5.77. The van der Waals surface area contributed by atoms with Gasteiger partial charge in [-0.1, -0.05) is 6.07 Å². The summed E-state index contributed by atoms with van der Waals surface area (Å²) in [4.78, 5) is 32.7. The highest BCUT2D eigenvalue weighted by Crippen LogP contribution is 2.36. The highest BCUT2D eigenvalue weighted by atomic mass is 35.5. The third-order valence-corrected chi connectivity index (χ3v) is 5.92. The summed E-state index contributed by atoms with van der Waals surface area (Å²) in [6, 6.07) is 18.8. The number of carbonyl (C=O) groups is 2. The Morgan fingerprint density at radius 2 is 1.81 bits per heavy atom. The molecule has 11 heteroatoms. The second-order valence-corrected chi connectivity index (χ2v) is 9.24. The van der Waals surface area contributed by atoms with Crippen LogP contribution in [0.15, 0.2) is 67.0 Å². The molecule has 226 valence electrons. The van der Waals surface area contributed by atoms with Gasteiger partial charge < -0.3 is 25.6 Å². The van der Waals surface area contributed by atoms with E-state index in [0.717, 1.165) is 36.0 Å². The van der Waals surface area contributed by atoms with Gasteiger partial charge in [0.25, 0.3) is 0 Å². The van der Waals surface area contributed by atoms with Gasteiger partial charge in [-0.15, -0.1) is 11.6 Å². The number of ether oxygens (including phenoxy) is 1. The molecule has 4 rings (SSSR count). The Bertz CT molecular complexity index is 1490. The second kappa shape index (κ2) is 18.7. The Hall–Kier alpha value is -4.72. The van der Waals surface area contributed by atoms with E-state index < -0.39 is 0 Å². The first-order chi connectivity index (χ1) is 20.9. The van der Waals surface area contributed by atoms with Crippen molar-refractivity contribution < 1.29 is 14.3 Å². The molecule has 0 atom stereocenters. The molecule has 0 bridgehead atoms. The third kappa shape index (κ3) is 10.9. The molecular formula is C32H38ClN7O3. The predicted molar refractivity (Wildman–Crippen MR) is 175 cm³/mol. The highest BCUT2D eigenvalue weighted by molar-refractivity contribution is 6.15. The van der Waals surface area contributed by atoms with E-state index >= 15 is 0 Å². The number of aromatic nitrogens is 2. The van der Waals surface area contributed by atoms with Gasteiger partial charge in [-0.2, -0.15) is 5.26 Å². The summed E-state index contributed by atoms with van der Waals surface area (Å²) in [5.41, 5.74) is 4.57. The lowest BCUT2D eigenvalue weighted by Crippen LogP contribution is -2.17. The fraction of sp³-hybridized carbons (Fsp3) is 0.281. The highest BCUT2D eigenvalue weighted by Gasteiger charge is 2.16. The van der Waals surface area contributed by atoms with Crippen molar-refractivity contribution in [3.63, 3.8) is 0 Å². The van der Waals surface area contributed by atoms with Gasteiger partial charge in [0.15, 0.2) is 6.29 Å². The number of nitriles is 1. The molecule has 0 fully saturated rings. The van der Waals surface area contributed by atoms with Gasteiger partial charge in [0.05, 0.1) is 29.1 Å². The maximum atomic E-state index is 12.6. The average molecular weight is 604 g/mol. The van der Waals surface area contributed by atoms with E-state index in [1.165, 1.54) is 6.38 Å². The van der Waals surface area contributed by atoms with E-state index in [0.29, 0.717) is 46.9 Å². The van der Waals surface area contributed by atoms with Crippen molar-refractivity contribution in [3.05, 3.63) is 78.2 Å². The molecule has 0 unspecified atom stereocenters. The number of anilines is 4. The molecule has 0 radical (unpaired) electrons. The van der Waals surface area contributed by atoms with Crippen molar-refractivity contribution in [2.45, 2.75) is 19.8 Å². The van der Waals surface area contributed by atoms with Crippen LogP contribution in [0.25, 0.3) is 10.9 Å². The summed E-state index contributed by atoms with van der Waals surface area (Å²) >= 11 is 4.64. The Morgan fingerprint density at radius 1 is 1.09 bits per heavy atom. The topological polar surface area (TPSA) is 132 Å². The monoisotopic (exact) mass is 603 g/mol. The lowest BCUT2D eigenvalue weighted by Gasteiger charge is -2.16. The van der Waals surface area contributed by atoms with Gasteiger partial charge in [0.1, 0.15) is 17.5 Å². The van der Waals surface area contributed by atoms with Crippen LogP contribution >= 0.6 is 11.6 Å². The normalized spacial score (nSPS) is 9.91. The Labute approximate surface area is 258 Å². The smallest absolute Gasteiger partial charge is 0.224 e. The van der Waals surface area contributed by atoms with Crippen molar-refractivity contribution in [2.24, 2.45) is 0 Å². The van der Waals surface area contributed by atoms with E-state index in [1.807, 2.05) is 63.3 Å². The van der Waals surface area contributed by atoms with Gasteiger partial charge in [0, 0.05) is 55.1 Å². The van der Waals surface area contributed by atoms with Gasteiger partial charge in [0.2, 0.25) is 5.91 Å². The molecule has 4 aromatic rings. The van der Waals surface area contributed by atoms with Crippen LogP contribution < -0.4 is 20.7 Å². The Kier molecular flexibility index (Phi) is 15.0. The number of rotatable bonds is 11. The number of pyridine rings is 2. The number of benzene rings is 2. The number of fused-ring (bicyclic) bond motifs is 1. The first kappa shape index (κ1) is 34.5. The predicted octanol–water partition coefficient (Wildman–Crippen LogP) is 6.32. The summed E-state index contributed by atoms with van der Waals surface area (Å²) in [7, 11) is 5.82. The number of amides is 1. The quantitative estimate of drug-likeness (QED) is 0.133. The van der Waals surface area contributed by atoms with Crippen LogP contribution in [0, 0.1) is 11.3 Å². The molecule has 0 aliphatic heterocycles. The van der Waals surface area contributed by atoms with Crippen LogP contribution in [0.2, 0.25) is 0 Å². The molecule has 1 amide bonds. The minimum atomic E-state index is -0.0845. The summed E-state index contributed by atoms with van der Waals surface area (Å²) in [5, 5.41) is 19.8. The van der Waals surface area contributed by atoms with Gasteiger partial charge >= 0.3 is 0 Å². The standard InChI is InChI=1S/C25H30N6O2.C6H5NO.CH3Cl/c1-5-33-23-14-21-20(13-22(23)30-24(32)7-6-12-31(3)4)25(17(15-26)16-28-21)29-19-10-8-18(27-2)9-11-19;8-5-6-3-1-2-4-7-6;1-2/h8-11,13-14,16,27H,5-7,12H2,1-4H3,(H,28,29)(H,30,32);1-5H;1H3. The van der Waals surface area contributed by atoms with E-state index in [1.54, 1.807) is 36.7 Å². The zero-order valence-corrected chi connectivity index (χ0v) is 25.9. The van der Waals surface area contributed by atoms with Crippen molar-refractivity contribution in [3.8, 4) is 11.8 Å². The number of carbonyl (C=O) groups excluding carboxylic acids is 2. The van der Waals surface area contributed by atoms with Crippen LogP contribution in [-0.4, -0.2) is 67.7 Å². The SMILES string of the molecule is CCOc1cc2ncc(C#N)c(Nc3ccc(NC)cc3)c2cc1NC(=O)CCCN(C)C.CCl.O=Cc1ccccn1. The van der Waals surface area contributed by atoms with Gasteiger partial charge in [-0.25, -0.2) is 0 Å². The van der Waals surface area contributed by atoms with Crippen LogP contribution in [0.4, 0.5) is 22.7 Å². The summed E-state index contributed by atoms with van der Waals surface area (Å²) in [6.45, 7) is 3.18. The first-order valence-electron chi connectivity index (χ1n) is 13.6. The van der Waals surface area contributed by atoms with Crippen molar-refractivity contribution in [2.75, 3.05) is 56.6 Å². The van der Waals surface area contributed by atoms with Crippen LogP contribution in [0.3, 0.4) is 0 Å². The molecule has 43 heavy (non-hydrogen) atoms. The molecule has 3 N–H and O–H groups in total. The number of alkyl halides is 1. The molecule has 10 nitrogen and oxygen atoms in total. The lowest BCUT2D eigenvalue weighted by molar-refractivity contribution is -0.116. The van der Waals surface area contributed by atoms with Gasteiger partial charge in [-0.05, 0) is 76.4 Å². The zero-order chi connectivity index (χ0) is 31.6. The molecule has 0 saturated carbocycles. The van der Waals surface area contributed by atoms with Crippen molar-refractivity contribution >= 4 is 57.4 Å². The molecule has 0 aliphatic carbocycles. The number of hydrogen-bond acceptors (Lipinski definition) is 9. The fourth-order valence-electron chi connectivity index (χ4n) is 3.89. The fourth-order valence-corrected chi connectivity index (χ4v) is 3.89. The molecular weight excluding hydrogens is 566 g/mol. The minimum absolute atomic E-state index is 0.0845. The second-order valence-electron chi connectivity index (χ2n) is 9.24. The lowest BCUT2D eigenvalue weighted by atomic mass is 10.1. The van der Waals surface area contributed by atoms with Crippen molar-refractivity contribution in [1.29, 1.82) is 5.26 Å². The summed E-state index contributed by atoms with van der Waals surface area (Å²) in [5.74, 6) is 0.464. The first-order valence-corrected chi connectivity index (χ1v) is 14.4. The molecule has 0 saturated heterocycles. The molecule has 2 heterocycles. The van der Waals surface area contributed by atoms with Crippen LogP contribution in [-0.2, 0) is 4.79 Å². The van der Waals surface area contributed by atoms with Gasteiger partial charge in [-0.3, -0.25) is 19.6 Å². The van der Waals surface area contributed by atoms with E-state index in [4.69, 9.17) is 4.74 Å². The average Bonchev–Trinajstić information content (AvgIpc) is 3.03. The number of aldehydes is 1.